The summed E-state index contributed by atoms with van der Waals surface area (Å²) in [6.45, 7) is 2.98. The smallest absolute Gasteiger partial charge is 0.245 e. The van der Waals surface area contributed by atoms with Gasteiger partial charge in [-0.15, -0.1) is 24.8 Å². The first-order valence-electron chi connectivity index (χ1n) is 5.59. The minimum atomic E-state index is 0. The zero-order chi connectivity index (χ0) is 10.3. The molecule has 17 heavy (non-hydrogen) atoms. The third-order valence-corrected chi connectivity index (χ3v) is 3.20. The van der Waals surface area contributed by atoms with E-state index >= 15 is 0 Å². The summed E-state index contributed by atoms with van der Waals surface area (Å²) in [5, 5.41) is 7.40. The van der Waals surface area contributed by atoms with Gasteiger partial charge in [-0.2, -0.15) is 4.98 Å². The molecule has 0 aromatic carbocycles. The lowest BCUT2D eigenvalue weighted by Crippen LogP contribution is -2.43. The zero-order valence-corrected chi connectivity index (χ0v) is 11.4. The Bertz CT molecular complexity index is 356. The van der Waals surface area contributed by atoms with Crippen molar-refractivity contribution >= 4 is 24.8 Å². The van der Waals surface area contributed by atoms with Crippen LogP contribution in [0, 0.1) is 0 Å². The quantitative estimate of drug-likeness (QED) is 0.887. The van der Waals surface area contributed by atoms with E-state index in [9.17, 15) is 0 Å². The Morgan fingerprint density at radius 1 is 1.35 bits per heavy atom. The molecule has 1 N–H and O–H groups in total. The maximum absolute atomic E-state index is 5.33. The molecule has 1 aliphatic heterocycles. The van der Waals surface area contributed by atoms with Crippen molar-refractivity contribution in [2.45, 2.75) is 24.8 Å². The van der Waals surface area contributed by atoms with Gasteiger partial charge in [0.05, 0.1) is 0 Å². The van der Waals surface area contributed by atoms with E-state index in [0.29, 0.717) is 5.92 Å². The van der Waals surface area contributed by atoms with Crippen molar-refractivity contribution in [2.75, 3.05) is 26.7 Å². The van der Waals surface area contributed by atoms with Crippen molar-refractivity contribution in [1.29, 1.82) is 0 Å². The number of halogens is 2. The summed E-state index contributed by atoms with van der Waals surface area (Å²) in [6, 6.07) is 0.249. The van der Waals surface area contributed by atoms with Gasteiger partial charge in [-0.25, -0.2) is 0 Å². The molecule has 1 saturated heterocycles. The van der Waals surface area contributed by atoms with E-state index in [4.69, 9.17) is 4.52 Å². The molecule has 0 radical (unpaired) electrons. The van der Waals surface area contributed by atoms with E-state index in [1.807, 2.05) is 0 Å². The van der Waals surface area contributed by atoms with Crippen molar-refractivity contribution in [3.05, 3.63) is 11.7 Å². The second-order valence-corrected chi connectivity index (χ2v) is 4.47. The van der Waals surface area contributed by atoms with Gasteiger partial charge in [0.25, 0.3) is 0 Å². The van der Waals surface area contributed by atoms with Gasteiger partial charge in [0.1, 0.15) is 6.04 Å². The molecule has 1 saturated carbocycles. The van der Waals surface area contributed by atoms with E-state index in [1.165, 1.54) is 12.8 Å². The standard InChI is InChI=1S/C10H16N4O.2ClH/c1-14-5-4-11-6-8(14)10-12-9(13-15-10)7-2-3-7;;/h7-8,11H,2-6H2,1H3;2*1H. The first kappa shape index (κ1) is 14.7. The van der Waals surface area contributed by atoms with Gasteiger partial charge < -0.3 is 9.84 Å². The summed E-state index contributed by atoms with van der Waals surface area (Å²) >= 11 is 0. The van der Waals surface area contributed by atoms with Crippen LogP contribution in [-0.4, -0.2) is 41.7 Å². The van der Waals surface area contributed by atoms with Gasteiger partial charge in [0.15, 0.2) is 5.82 Å². The Hall–Kier alpha value is -0.360. The molecular formula is C10H18Cl2N4O. The topological polar surface area (TPSA) is 54.2 Å². The van der Waals surface area contributed by atoms with Gasteiger partial charge in [-0.05, 0) is 19.9 Å². The predicted octanol–water partition coefficient (Wildman–Crippen LogP) is 1.37. The lowest BCUT2D eigenvalue weighted by atomic mass is 10.2. The van der Waals surface area contributed by atoms with Gasteiger partial charge in [-0.1, -0.05) is 5.16 Å². The molecule has 0 bridgehead atoms. The highest BCUT2D eigenvalue weighted by Gasteiger charge is 2.31. The average molecular weight is 281 g/mol. The van der Waals surface area contributed by atoms with Crippen LogP contribution in [0.3, 0.4) is 0 Å². The van der Waals surface area contributed by atoms with Gasteiger partial charge in [0.2, 0.25) is 5.89 Å². The average Bonchev–Trinajstić information content (AvgIpc) is 2.99. The Kier molecular flexibility index (Phi) is 5.19. The van der Waals surface area contributed by atoms with Crippen molar-refractivity contribution in [2.24, 2.45) is 0 Å². The first-order chi connectivity index (χ1) is 7.34. The number of rotatable bonds is 2. The number of aromatic nitrogens is 2. The second-order valence-electron chi connectivity index (χ2n) is 4.47. The van der Waals surface area contributed by atoms with Crippen LogP contribution < -0.4 is 5.32 Å². The fourth-order valence-electron chi connectivity index (χ4n) is 1.97. The monoisotopic (exact) mass is 280 g/mol. The minimum absolute atomic E-state index is 0. The fraction of sp³-hybridized carbons (Fsp3) is 0.800. The molecule has 1 aromatic rings. The second kappa shape index (κ2) is 6.00. The van der Waals surface area contributed by atoms with Gasteiger partial charge in [-0.3, -0.25) is 4.90 Å². The summed E-state index contributed by atoms with van der Waals surface area (Å²) < 4.78 is 5.33. The largest absolute Gasteiger partial charge is 0.338 e. The highest BCUT2D eigenvalue weighted by atomic mass is 35.5. The number of nitrogens with zero attached hydrogens (tertiary/aromatic N) is 3. The van der Waals surface area contributed by atoms with Crippen LogP contribution in [0.5, 0.6) is 0 Å². The van der Waals surface area contributed by atoms with E-state index in [-0.39, 0.29) is 30.9 Å². The summed E-state index contributed by atoms with van der Waals surface area (Å²) in [5.41, 5.74) is 0. The van der Waals surface area contributed by atoms with Crippen LogP contribution in [0.4, 0.5) is 0 Å². The number of piperazine rings is 1. The molecule has 2 heterocycles. The van der Waals surface area contributed by atoms with Crippen LogP contribution in [0.25, 0.3) is 0 Å². The van der Waals surface area contributed by atoms with Crippen molar-refractivity contribution in [3.8, 4) is 0 Å². The first-order valence-corrected chi connectivity index (χ1v) is 5.59. The molecular weight excluding hydrogens is 263 g/mol. The van der Waals surface area contributed by atoms with E-state index in [0.717, 1.165) is 31.3 Å². The van der Waals surface area contributed by atoms with E-state index < -0.39 is 0 Å². The number of hydrogen-bond donors (Lipinski definition) is 1. The fourth-order valence-corrected chi connectivity index (χ4v) is 1.97. The van der Waals surface area contributed by atoms with Crippen LogP contribution in [0.2, 0.25) is 0 Å². The minimum Gasteiger partial charge on any atom is -0.338 e. The molecule has 1 aromatic heterocycles. The third-order valence-electron chi connectivity index (χ3n) is 3.20. The van der Waals surface area contributed by atoms with Crippen LogP contribution in [0.15, 0.2) is 4.52 Å². The zero-order valence-electron chi connectivity index (χ0n) is 9.76. The van der Waals surface area contributed by atoms with Crippen LogP contribution >= 0.6 is 24.8 Å². The number of hydrogen-bond acceptors (Lipinski definition) is 5. The summed E-state index contributed by atoms with van der Waals surface area (Å²) in [4.78, 5) is 6.75. The highest BCUT2D eigenvalue weighted by molar-refractivity contribution is 5.85. The Morgan fingerprint density at radius 2 is 2.12 bits per heavy atom. The van der Waals surface area contributed by atoms with Crippen molar-refractivity contribution < 1.29 is 4.52 Å². The Balaban J connectivity index is 0.000000722. The van der Waals surface area contributed by atoms with Crippen molar-refractivity contribution in [1.82, 2.24) is 20.4 Å². The van der Waals surface area contributed by atoms with E-state index in [1.54, 1.807) is 0 Å². The number of nitrogens with one attached hydrogen (secondary N) is 1. The maximum Gasteiger partial charge on any atom is 0.245 e. The lowest BCUT2D eigenvalue weighted by molar-refractivity contribution is 0.163. The molecule has 98 valence electrons. The van der Waals surface area contributed by atoms with Gasteiger partial charge >= 0.3 is 0 Å². The highest BCUT2D eigenvalue weighted by Crippen LogP contribution is 2.38. The molecule has 5 nitrogen and oxygen atoms in total. The van der Waals surface area contributed by atoms with E-state index in [2.05, 4.69) is 27.4 Å². The molecule has 1 unspecified atom stereocenters. The van der Waals surface area contributed by atoms with Crippen LogP contribution in [-0.2, 0) is 0 Å². The van der Waals surface area contributed by atoms with Crippen molar-refractivity contribution in [3.63, 3.8) is 0 Å². The molecule has 1 aliphatic carbocycles. The molecule has 1 atom stereocenters. The van der Waals surface area contributed by atoms with Gasteiger partial charge in [0, 0.05) is 25.6 Å². The maximum atomic E-state index is 5.33. The summed E-state index contributed by atoms with van der Waals surface area (Å²) in [6.07, 6.45) is 2.44. The molecule has 2 aliphatic rings. The normalized spacial score (nSPS) is 24.9. The molecule has 2 fully saturated rings. The third kappa shape index (κ3) is 3.10. The number of likely N-dealkylation sites (N-methyl/N-ethyl adjacent to an activating group) is 1. The molecule has 3 rings (SSSR count). The van der Waals surface area contributed by atoms with Crippen LogP contribution in [0.1, 0.15) is 36.5 Å². The SMILES string of the molecule is CN1CCNCC1c1nc(C2CC2)no1.Cl.Cl. The molecule has 0 amide bonds. The molecule has 7 heteroatoms. The Morgan fingerprint density at radius 3 is 2.76 bits per heavy atom. The predicted molar refractivity (Wildman–Crippen MR) is 69.0 cm³/mol. The molecule has 0 spiro atoms. The summed E-state index contributed by atoms with van der Waals surface area (Å²) in [7, 11) is 2.10. The summed E-state index contributed by atoms with van der Waals surface area (Å²) in [5.74, 6) is 2.25. The Labute approximate surface area is 113 Å². The lowest BCUT2D eigenvalue weighted by Gasteiger charge is -2.30.